The second-order valence-electron chi connectivity index (χ2n) is 6.48. The first-order valence-electron chi connectivity index (χ1n) is 8.34. The smallest absolute Gasteiger partial charge is 0.241 e. The fraction of sp³-hybridized carbons (Fsp3) is 0.368. The molecule has 1 aromatic heterocycles. The van der Waals surface area contributed by atoms with Crippen molar-refractivity contribution in [3.63, 3.8) is 0 Å². The maximum absolute atomic E-state index is 12.6. The Morgan fingerprint density at radius 2 is 1.96 bits per heavy atom. The zero-order valence-corrected chi connectivity index (χ0v) is 14.8. The van der Waals surface area contributed by atoms with Gasteiger partial charge >= 0.3 is 0 Å². The number of benzene rings is 1. The van der Waals surface area contributed by atoms with Crippen LogP contribution in [0.3, 0.4) is 0 Å². The molecule has 0 aliphatic carbocycles. The van der Waals surface area contributed by atoms with Crippen molar-refractivity contribution in [1.82, 2.24) is 9.88 Å². The SMILES string of the molecule is COc1c[nH]c(CN2CC(=O)N(c3ccc(C)cc3)C[C@H]2C)cc1=O. The molecule has 1 aromatic carbocycles. The molecule has 0 unspecified atom stereocenters. The molecule has 3 rings (SSSR count). The predicted molar refractivity (Wildman–Crippen MR) is 97.0 cm³/mol. The number of rotatable bonds is 4. The van der Waals surface area contributed by atoms with Gasteiger partial charge in [-0.25, -0.2) is 0 Å². The molecule has 0 bridgehead atoms. The van der Waals surface area contributed by atoms with Crippen LogP contribution in [-0.2, 0) is 11.3 Å². The van der Waals surface area contributed by atoms with E-state index in [0.29, 0.717) is 19.6 Å². The average Bonchev–Trinajstić information content (AvgIpc) is 2.59. The molecule has 6 nitrogen and oxygen atoms in total. The van der Waals surface area contributed by atoms with E-state index in [2.05, 4.69) is 16.8 Å². The minimum Gasteiger partial charge on any atom is -0.491 e. The minimum atomic E-state index is -0.159. The molecule has 25 heavy (non-hydrogen) atoms. The largest absolute Gasteiger partial charge is 0.491 e. The van der Waals surface area contributed by atoms with E-state index in [1.807, 2.05) is 36.1 Å². The van der Waals surface area contributed by atoms with Crippen molar-refractivity contribution in [3.05, 3.63) is 58.0 Å². The van der Waals surface area contributed by atoms with Crippen LogP contribution in [0.4, 0.5) is 5.69 Å². The van der Waals surface area contributed by atoms with Crippen molar-refractivity contribution in [2.24, 2.45) is 0 Å². The van der Waals surface area contributed by atoms with Gasteiger partial charge in [-0.05, 0) is 26.0 Å². The molecule has 1 aliphatic rings. The summed E-state index contributed by atoms with van der Waals surface area (Å²) in [5, 5.41) is 0. The Morgan fingerprint density at radius 1 is 1.24 bits per heavy atom. The number of H-pyrrole nitrogens is 1. The van der Waals surface area contributed by atoms with Crippen LogP contribution in [0.5, 0.6) is 5.75 Å². The zero-order chi connectivity index (χ0) is 18.0. The van der Waals surface area contributed by atoms with E-state index in [1.165, 1.54) is 18.7 Å². The molecule has 1 atom stereocenters. The predicted octanol–water partition coefficient (Wildman–Crippen LogP) is 1.93. The van der Waals surface area contributed by atoms with Gasteiger partial charge in [0.25, 0.3) is 0 Å². The first-order chi connectivity index (χ1) is 12.0. The summed E-state index contributed by atoms with van der Waals surface area (Å²) in [4.78, 5) is 31.4. The van der Waals surface area contributed by atoms with Crippen molar-refractivity contribution in [2.75, 3.05) is 25.1 Å². The number of aromatic amines is 1. The Bertz CT molecular complexity index is 813. The highest BCUT2D eigenvalue weighted by Crippen LogP contribution is 2.21. The van der Waals surface area contributed by atoms with Crippen LogP contribution in [0, 0.1) is 6.92 Å². The molecule has 2 heterocycles. The fourth-order valence-electron chi connectivity index (χ4n) is 3.05. The lowest BCUT2D eigenvalue weighted by atomic mass is 10.1. The maximum Gasteiger partial charge on any atom is 0.241 e. The van der Waals surface area contributed by atoms with E-state index in [1.54, 1.807) is 6.20 Å². The summed E-state index contributed by atoms with van der Waals surface area (Å²) in [5.41, 5.74) is 2.72. The number of ether oxygens (including phenoxy) is 1. The summed E-state index contributed by atoms with van der Waals surface area (Å²) in [7, 11) is 1.47. The molecule has 1 fully saturated rings. The zero-order valence-electron chi connectivity index (χ0n) is 14.8. The Morgan fingerprint density at radius 3 is 2.60 bits per heavy atom. The number of nitrogens with one attached hydrogen (secondary N) is 1. The molecular formula is C19H23N3O3. The van der Waals surface area contributed by atoms with E-state index >= 15 is 0 Å². The van der Waals surface area contributed by atoms with Crippen LogP contribution in [0.2, 0.25) is 0 Å². The number of anilines is 1. The topological polar surface area (TPSA) is 65.6 Å². The quantitative estimate of drug-likeness (QED) is 0.923. The van der Waals surface area contributed by atoms with Gasteiger partial charge < -0.3 is 14.6 Å². The summed E-state index contributed by atoms with van der Waals surface area (Å²) < 4.78 is 4.98. The summed E-state index contributed by atoms with van der Waals surface area (Å²) in [5.74, 6) is 0.356. The maximum atomic E-state index is 12.6. The highest BCUT2D eigenvalue weighted by Gasteiger charge is 2.30. The van der Waals surface area contributed by atoms with Gasteiger partial charge in [0, 0.05) is 42.8 Å². The number of aryl methyl sites for hydroxylation is 1. The fourth-order valence-corrected chi connectivity index (χ4v) is 3.05. The van der Waals surface area contributed by atoms with Crippen molar-refractivity contribution >= 4 is 11.6 Å². The Hall–Kier alpha value is -2.60. The number of hydrogen-bond donors (Lipinski definition) is 1. The molecule has 0 saturated carbocycles. The van der Waals surface area contributed by atoms with E-state index in [4.69, 9.17) is 4.74 Å². The number of pyridine rings is 1. The number of piperazine rings is 1. The molecule has 0 spiro atoms. The highest BCUT2D eigenvalue weighted by atomic mass is 16.5. The summed E-state index contributed by atoms with van der Waals surface area (Å²) >= 11 is 0. The molecule has 0 radical (unpaired) electrons. The van der Waals surface area contributed by atoms with Crippen LogP contribution in [0.15, 0.2) is 41.3 Å². The Balaban J connectivity index is 1.72. The third kappa shape index (κ3) is 3.74. The molecule has 132 valence electrons. The molecular weight excluding hydrogens is 318 g/mol. The molecule has 1 aliphatic heterocycles. The summed E-state index contributed by atoms with van der Waals surface area (Å²) in [6, 6.07) is 9.71. The van der Waals surface area contributed by atoms with Gasteiger partial charge in [0.1, 0.15) is 0 Å². The highest BCUT2D eigenvalue weighted by molar-refractivity contribution is 5.95. The second-order valence-corrected chi connectivity index (χ2v) is 6.48. The van der Waals surface area contributed by atoms with Crippen LogP contribution in [-0.4, -0.2) is 42.0 Å². The number of hydrogen-bond acceptors (Lipinski definition) is 4. The van der Waals surface area contributed by atoms with E-state index in [0.717, 1.165) is 11.4 Å². The number of methoxy groups -OCH3 is 1. The standard InChI is InChI=1S/C19H23N3O3/c1-13-4-6-16(7-5-13)22-10-14(2)21(12-19(22)24)11-15-8-17(23)18(25-3)9-20-15/h4-9,14H,10-12H2,1-3H3,(H,20,23)/t14-/m1/s1. The molecule has 6 heteroatoms. The number of carbonyl (C=O) groups excluding carboxylic acids is 1. The first-order valence-corrected chi connectivity index (χ1v) is 8.34. The van der Waals surface area contributed by atoms with Crippen LogP contribution in [0.1, 0.15) is 18.2 Å². The Kier molecular flexibility index (Phi) is 4.90. The Labute approximate surface area is 147 Å². The lowest BCUT2D eigenvalue weighted by Crippen LogP contribution is -2.55. The third-order valence-electron chi connectivity index (χ3n) is 4.59. The first kappa shape index (κ1) is 17.2. The number of nitrogens with zero attached hydrogens (tertiary/aromatic N) is 2. The van der Waals surface area contributed by atoms with Crippen molar-refractivity contribution in [1.29, 1.82) is 0 Å². The van der Waals surface area contributed by atoms with Crippen LogP contribution in [0.25, 0.3) is 0 Å². The summed E-state index contributed by atoms with van der Waals surface area (Å²) in [6.45, 7) is 5.59. The van der Waals surface area contributed by atoms with Crippen LogP contribution < -0.4 is 15.1 Å². The van der Waals surface area contributed by atoms with Crippen molar-refractivity contribution < 1.29 is 9.53 Å². The van der Waals surface area contributed by atoms with Gasteiger partial charge in [0.05, 0.1) is 13.7 Å². The van der Waals surface area contributed by atoms with Gasteiger partial charge in [0.15, 0.2) is 5.75 Å². The number of carbonyl (C=O) groups is 1. The number of amides is 1. The molecule has 1 amide bonds. The van der Waals surface area contributed by atoms with Gasteiger partial charge in [-0.2, -0.15) is 0 Å². The van der Waals surface area contributed by atoms with Gasteiger partial charge in [-0.3, -0.25) is 14.5 Å². The van der Waals surface area contributed by atoms with E-state index in [9.17, 15) is 9.59 Å². The molecule has 1 saturated heterocycles. The second kappa shape index (κ2) is 7.11. The van der Waals surface area contributed by atoms with Crippen LogP contribution >= 0.6 is 0 Å². The minimum absolute atomic E-state index is 0.0674. The summed E-state index contributed by atoms with van der Waals surface area (Å²) in [6.07, 6.45) is 1.56. The third-order valence-corrected chi connectivity index (χ3v) is 4.59. The van der Waals surface area contributed by atoms with Crippen molar-refractivity contribution in [2.45, 2.75) is 26.4 Å². The van der Waals surface area contributed by atoms with E-state index < -0.39 is 0 Å². The van der Waals surface area contributed by atoms with Gasteiger partial charge in [-0.15, -0.1) is 0 Å². The molecule has 2 aromatic rings. The van der Waals surface area contributed by atoms with Crippen molar-refractivity contribution in [3.8, 4) is 5.75 Å². The van der Waals surface area contributed by atoms with Gasteiger partial charge in [-0.1, -0.05) is 17.7 Å². The molecule has 1 N–H and O–H groups in total. The number of aromatic nitrogens is 1. The van der Waals surface area contributed by atoms with E-state index in [-0.39, 0.29) is 23.1 Å². The average molecular weight is 341 g/mol. The lowest BCUT2D eigenvalue weighted by molar-refractivity contribution is -0.122. The lowest BCUT2D eigenvalue weighted by Gasteiger charge is -2.39. The monoisotopic (exact) mass is 341 g/mol. The normalized spacial score (nSPS) is 18.4. The van der Waals surface area contributed by atoms with Gasteiger partial charge in [0.2, 0.25) is 11.3 Å².